The molecule has 0 radical (unpaired) electrons. The molecule has 388 valence electrons. The molecule has 0 saturated heterocycles. The molecule has 4 aromatic heterocycles. The van der Waals surface area contributed by atoms with Gasteiger partial charge in [-0.05, 0) is 117 Å². The summed E-state index contributed by atoms with van der Waals surface area (Å²) >= 11 is 0. The Labute approximate surface area is 480 Å². The fraction of sp³-hybridized carbons (Fsp3) is 0. The molecule has 4 nitrogen and oxygen atoms in total. The SMILES string of the molecule is c1ccc([Si](c2ccccc2)(c2ccccc2)c2ccc(-c3cc(-n4c5ccccc5c5cc(-n6c7ccccc7c7ccccc76)ccc54)cc(-n4c5ccccc5c5c(-n6c7ccccc7c7ccccc76)cccc54)c3)cc2)cc1. The molecule has 5 heteroatoms. The van der Waals surface area contributed by atoms with Crippen LogP contribution in [0.5, 0.6) is 0 Å². The second-order valence-electron chi connectivity index (χ2n) is 22.0. The van der Waals surface area contributed by atoms with Crippen LogP contribution < -0.4 is 20.7 Å². The molecule has 0 N–H and O–H groups in total. The number of nitrogens with zero attached hydrogens (tertiary/aromatic N) is 4. The van der Waals surface area contributed by atoms with E-state index in [0.29, 0.717) is 0 Å². The number of para-hydroxylation sites is 6. The van der Waals surface area contributed by atoms with Crippen molar-refractivity contribution in [2.24, 2.45) is 0 Å². The molecule has 0 saturated carbocycles. The second kappa shape index (κ2) is 18.7. The minimum Gasteiger partial charge on any atom is -0.309 e. The van der Waals surface area contributed by atoms with E-state index in [-0.39, 0.29) is 0 Å². The zero-order chi connectivity index (χ0) is 54.6. The first-order chi connectivity index (χ1) is 41.2. The predicted molar refractivity (Wildman–Crippen MR) is 353 cm³/mol. The van der Waals surface area contributed by atoms with Gasteiger partial charge >= 0.3 is 0 Å². The number of hydrogen-bond acceptors (Lipinski definition) is 0. The average Bonchev–Trinajstić information content (AvgIpc) is 3.73. The largest absolute Gasteiger partial charge is 0.309 e. The van der Waals surface area contributed by atoms with Crippen LogP contribution in [0.2, 0.25) is 0 Å². The standard InChI is InChI=1S/C78H52N4Si/c1-4-23-58(24-5-1)83(59-25-6-2-7-26-59,60-27-8-3-9-28-60)61-46-43-53(44-47-61)54-49-56(80-71-37-18-14-33-66(71)68-52-55(45-48-75(68)80)79-69-35-16-10-29-62(69)63-30-11-17-36-70(63)79)51-57(50-54)81-74-40-21-15-34-67(74)78-76(81)41-22-42-77(78)82-72-38-19-12-31-64(72)65-32-13-20-39-73(65)82/h1-52H. The van der Waals surface area contributed by atoms with Crippen LogP contribution >= 0.6 is 0 Å². The molecule has 0 aliphatic carbocycles. The quantitative estimate of drug-likeness (QED) is 0.101. The van der Waals surface area contributed by atoms with E-state index in [2.05, 4.69) is 334 Å². The van der Waals surface area contributed by atoms with Gasteiger partial charge in [0, 0.05) is 60.2 Å². The fourth-order valence-electron chi connectivity index (χ4n) is 14.2. The molecule has 0 bridgehead atoms. The van der Waals surface area contributed by atoms with Crippen molar-refractivity contribution in [2.45, 2.75) is 0 Å². The lowest BCUT2D eigenvalue weighted by Gasteiger charge is -2.34. The van der Waals surface area contributed by atoms with Crippen molar-refractivity contribution >= 4 is 116 Å². The predicted octanol–water partition coefficient (Wildman–Crippen LogP) is 17.1. The van der Waals surface area contributed by atoms with Crippen molar-refractivity contribution < 1.29 is 0 Å². The van der Waals surface area contributed by atoms with Gasteiger partial charge in [0.25, 0.3) is 0 Å². The third-order valence-corrected chi connectivity index (χ3v) is 22.5. The Morgan fingerprint density at radius 2 is 0.542 bits per heavy atom. The summed E-state index contributed by atoms with van der Waals surface area (Å²) in [5.74, 6) is 0. The summed E-state index contributed by atoms with van der Waals surface area (Å²) in [5.41, 5.74) is 16.1. The van der Waals surface area contributed by atoms with Crippen molar-refractivity contribution in [1.29, 1.82) is 0 Å². The van der Waals surface area contributed by atoms with Crippen LogP contribution in [0.25, 0.3) is 121 Å². The van der Waals surface area contributed by atoms with Gasteiger partial charge in [-0.3, -0.25) is 0 Å². The van der Waals surface area contributed by atoms with Crippen LogP contribution in [0.3, 0.4) is 0 Å². The van der Waals surface area contributed by atoms with E-state index in [1.165, 1.54) is 85.9 Å². The lowest BCUT2D eigenvalue weighted by Crippen LogP contribution is -2.74. The smallest absolute Gasteiger partial charge is 0.179 e. The van der Waals surface area contributed by atoms with Gasteiger partial charge in [0.1, 0.15) is 0 Å². The Hall–Kier alpha value is -10.7. The van der Waals surface area contributed by atoms with Crippen molar-refractivity contribution in [3.8, 4) is 33.9 Å². The van der Waals surface area contributed by atoms with Gasteiger partial charge in [0.05, 0.1) is 49.8 Å². The van der Waals surface area contributed by atoms with Crippen LogP contribution in [0.1, 0.15) is 0 Å². The molecular weight excluding hydrogens is 1020 g/mol. The topological polar surface area (TPSA) is 19.7 Å². The molecule has 0 aliphatic rings. The van der Waals surface area contributed by atoms with E-state index in [0.717, 1.165) is 55.9 Å². The number of fused-ring (bicyclic) bond motifs is 12. The summed E-state index contributed by atoms with van der Waals surface area (Å²) in [6, 6.07) is 118. The van der Waals surface area contributed by atoms with Gasteiger partial charge in [-0.25, -0.2) is 0 Å². The first-order valence-corrected chi connectivity index (χ1v) is 30.7. The summed E-state index contributed by atoms with van der Waals surface area (Å²) in [7, 11) is -2.79. The molecule has 0 fully saturated rings. The molecular formula is C78H52N4Si. The van der Waals surface area contributed by atoms with E-state index >= 15 is 0 Å². The molecule has 0 spiro atoms. The molecule has 0 atom stereocenters. The molecule has 17 aromatic rings. The third kappa shape index (κ3) is 7.05. The minimum atomic E-state index is -2.79. The molecule has 4 heterocycles. The van der Waals surface area contributed by atoms with E-state index in [1.54, 1.807) is 0 Å². The normalized spacial score (nSPS) is 12.1. The van der Waals surface area contributed by atoms with Crippen LogP contribution in [-0.4, -0.2) is 26.3 Å². The highest BCUT2D eigenvalue weighted by atomic mass is 28.3. The van der Waals surface area contributed by atoms with Gasteiger partial charge in [-0.15, -0.1) is 0 Å². The number of benzene rings is 13. The first-order valence-electron chi connectivity index (χ1n) is 28.7. The Balaban J connectivity index is 0.924. The molecule has 17 rings (SSSR count). The van der Waals surface area contributed by atoms with Crippen LogP contribution in [-0.2, 0) is 0 Å². The molecule has 0 amide bonds. The van der Waals surface area contributed by atoms with Gasteiger partial charge in [0.15, 0.2) is 8.07 Å². The Bertz CT molecular complexity index is 5170. The Morgan fingerprint density at radius 1 is 0.193 bits per heavy atom. The van der Waals surface area contributed by atoms with Crippen LogP contribution in [0.15, 0.2) is 315 Å². The second-order valence-corrected chi connectivity index (χ2v) is 25.8. The summed E-state index contributed by atoms with van der Waals surface area (Å²) in [6.07, 6.45) is 0. The molecule has 83 heavy (non-hydrogen) atoms. The average molecular weight is 1070 g/mol. The van der Waals surface area contributed by atoms with Crippen LogP contribution in [0, 0.1) is 0 Å². The minimum absolute atomic E-state index is 1.08. The first kappa shape index (κ1) is 47.1. The zero-order valence-corrected chi connectivity index (χ0v) is 46.3. The third-order valence-electron chi connectivity index (χ3n) is 17.7. The summed E-state index contributed by atoms with van der Waals surface area (Å²) in [4.78, 5) is 0. The maximum absolute atomic E-state index is 2.79. The van der Waals surface area contributed by atoms with E-state index in [4.69, 9.17) is 0 Å². The monoisotopic (exact) mass is 1070 g/mol. The summed E-state index contributed by atoms with van der Waals surface area (Å²) in [5, 5.41) is 15.2. The lowest BCUT2D eigenvalue weighted by molar-refractivity contribution is 1.13. The fourth-order valence-corrected chi connectivity index (χ4v) is 19.0. The van der Waals surface area contributed by atoms with Gasteiger partial charge in [-0.2, -0.15) is 0 Å². The zero-order valence-electron chi connectivity index (χ0n) is 45.3. The number of hydrogen-bond donors (Lipinski definition) is 0. The number of aromatic nitrogens is 4. The van der Waals surface area contributed by atoms with Gasteiger partial charge in [-0.1, -0.05) is 231 Å². The highest BCUT2D eigenvalue weighted by molar-refractivity contribution is 7.19. The highest BCUT2D eigenvalue weighted by Gasteiger charge is 2.41. The summed E-state index contributed by atoms with van der Waals surface area (Å²) in [6.45, 7) is 0. The lowest BCUT2D eigenvalue weighted by atomic mass is 10.0. The van der Waals surface area contributed by atoms with E-state index < -0.39 is 8.07 Å². The van der Waals surface area contributed by atoms with Gasteiger partial charge < -0.3 is 18.3 Å². The van der Waals surface area contributed by atoms with Crippen molar-refractivity contribution in [3.05, 3.63) is 315 Å². The maximum Gasteiger partial charge on any atom is 0.179 e. The summed E-state index contributed by atoms with van der Waals surface area (Å²) < 4.78 is 9.91. The van der Waals surface area contributed by atoms with Crippen molar-refractivity contribution in [2.75, 3.05) is 0 Å². The van der Waals surface area contributed by atoms with Gasteiger partial charge in [0.2, 0.25) is 0 Å². The highest BCUT2D eigenvalue weighted by Crippen LogP contribution is 2.43. The van der Waals surface area contributed by atoms with Crippen LogP contribution in [0.4, 0.5) is 0 Å². The van der Waals surface area contributed by atoms with Crippen molar-refractivity contribution in [3.63, 3.8) is 0 Å². The van der Waals surface area contributed by atoms with Crippen molar-refractivity contribution in [1.82, 2.24) is 18.3 Å². The number of rotatable bonds is 9. The van der Waals surface area contributed by atoms with E-state index in [1.807, 2.05) is 0 Å². The molecule has 0 unspecified atom stereocenters. The molecule has 13 aromatic carbocycles. The Morgan fingerprint density at radius 3 is 1.02 bits per heavy atom. The maximum atomic E-state index is 2.51. The Kier molecular flexibility index (Phi) is 10.6. The molecule has 0 aliphatic heterocycles. The van der Waals surface area contributed by atoms with E-state index in [9.17, 15) is 0 Å².